The van der Waals surface area contributed by atoms with E-state index in [-0.39, 0.29) is 18.9 Å². The molecular formula is C19H31N9O5. The predicted octanol–water partition coefficient (Wildman–Crippen LogP) is -2.99. The first kappa shape index (κ1) is 25.6. The monoisotopic (exact) mass is 465 g/mol. The van der Waals surface area contributed by atoms with Gasteiger partial charge in [-0.2, -0.15) is 0 Å². The summed E-state index contributed by atoms with van der Waals surface area (Å²) in [5.41, 5.74) is 16.8. The molecule has 1 aromatic heterocycles. The number of aliphatic carboxylic acids is 1. The molecule has 1 saturated heterocycles. The number of H-pyrrole nitrogens is 1. The number of carboxylic acids is 1. The molecule has 1 aliphatic heterocycles. The smallest absolute Gasteiger partial charge is 0.326 e. The number of nitrogens with zero attached hydrogens (tertiary/aromatic N) is 3. The predicted molar refractivity (Wildman–Crippen MR) is 117 cm³/mol. The number of nitrogens with two attached hydrogens (primary N) is 3. The number of aromatic nitrogens is 2. The van der Waals surface area contributed by atoms with Gasteiger partial charge in [0.1, 0.15) is 12.1 Å². The Bertz CT molecular complexity index is 854. The van der Waals surface area contributed by atoms with Crippen LogP contribution in [0.5, 0.6) is 0 Å². The van der Waals surface area contributed by atoms with Gasteiger partial charge >= 0.3 is 5.97 Å². The van der Waals surface area contributed by atoms with Crippen LogP contribution in [0.2, 0.25) is 0 Å². The minimum Gasteiger partial charge on any atom is -0.480 e. The molecule has 3 unspecified atom stereocenters. The summed E-state index contributed by atoms with van der Waals surface area (Å²) in [5, 5.41) is 14.4. The fourth-order valence-corrected chi connectivity index (χ4v) is 3.47. The highest BCUT2D eigenvalue weighted by atomic mass is 16.4. The molecule has 14 heteroatoms. The zero-order valence-electron chi connectivity index (χ0n) is 18.2. The van der Waals surface area contributed by atoms with E-state index < -0.39 is 41.8 Å². The van der Waals surface area contributed by atoms with E-state index in [1.807, 2.05) is 0 Å². The number of carboxylic acid groups (broad SMARTS) is 1. The molecule has 0 saturated carbocycles. The molecule has 0 spiro atoms. The van der Waals surface area contributed by atoms with Gasteiger partial charge in [-0.3, -0.25) is 19.4 Å². The number of guanidine groups is 1. The molecule has 1 aromatic rings. The second-order valence-electron chi connectivity index (χ2n) is 7.70. The molecule has 1 aliphatic rings. The summed E-state index contributed by atoms with van der Waals surface area (Å²) in [4.78, 5) is 60.8. The van der Waals surface area contributed by atoms with E-state index in [1.165, 1.54) is 17.4 Å². The lowest BCUT2D eigenvalue weighted by Crippen LogP contribution is -2.53. The van der Waals surface area contributed by atoms with E-state index >= 15 is 0 Å². The zero-order valence-corrected chi connectivity index (χ0v) is 18.2. The highest BCUT2D eigenvalue weighted by molar-refractivity contribution is 5.93. The van der Waals surface area contributed by atoms with Crippen molar-refractivity contribution >= 4 is 29.7 Å². The van der Waals surface area contributed by atoms with Crippen LogP contribution in [0.4, 0.5) is 0 Å². The Kier molecular flexibility index (Phi) is 9.60. The molecule has 1 fully saturated rings. The van der Waals surface area contributed by atoms with Gasteiger partial charge in [-0.1, -0.05) is 0 Å². The number of hydrogen-bond acceptors (Lipinski definition) is 7. The van der Waals surface area contributed by atoms with E-state index in [9.17, 15) is 24.3 Å². The molecule has 2 rings (SSSR count). The third kappa shape index (κ3) is 8.07. The molecule has 3 amide bonds. The van der Waals surface area contributed by atoms with Crippen LogP contribution in [-0.4, -0.2) is 87.4 Å². The van der Waals surface area contributed by atoms with Crippen LogP contribution >= 0.6 is 0 Å². The molecule has 14 nitrogen and oxygen atoms in total. The van der Waals surface area contributed by atoms with Gasteiger partial charge in [-0.05, 0) is 25.7 Å². The van der Waals surface area contributed by atoms with Gasteiger partial charge < -0.3 is 42.8 Å². The first-order valence-corrected chi connectivity index (χ1v) is 10.6. The molecule has 0 bridgehead atoms. The van der Waals surface area contributed by atoms with Crippen LogP contribution in [0.25, 0.3) is 0 Å². The molecule has 182 valence electrons. The lowest BCUT2D eigenvalue weighted by atomic mass is 10.1. The fraction of sp³-hybridized carbons (Fsp3) is 0.579. The van der Waals surface area contributed by atoms with Crippen molar-refractivity contribution in [1.29, 1.82) is 0 Å². The Hall–Kier alpha value is -3.68. The molecule has 10 N–H and O–H groups in total. The number of likely N-dealkylation sites (tertiary alicyclic amines) is 1. The summed E-state index contributed by atoms with van der Waals surface area (Å²) < 4.78 is 0. The second-order valence-corrected chi connectivity index (χ2v) is 7.70. The Morgan fingerprint density at radius 3 is 2.73 bits per heavy atom. The average Bonchev–Trinajstić information content (AvgIpc) is 3.45. The summed E-state index contributed by atoms with van der Waals surface area (Å²) >= 11 is 0. The fourth-order valence-electron chi connectivity index (χ4n) is 3.47. The third-order valence-corrected chi connectivity index (χ3v) is 5.19. The van der Waals surface area contributed by atoms with Crippen LogP contribution in [-0.2, 0) is 25.6 Å². The van der Waals surface area contributed by atoms with Crippen molar-refractivity contribution in [2.24, 2.45) is 22.2 Å². The Morgan fingerprint density at radius 2 is 2.09 bits per heavy atom. The van der Waals surface area contributed by atoms with Crippen LogP contribution in [0.1, 0.15) is 31.4 Å². The van der Waals surface area contributed by atoms with E-state index in [4.69, 9.17) is 17.2 Å². The molecular weight excluding hydrogens is 434 g/mol. The maximum absolute atomic E-state index is 12.7. The number of hydrogen-bond donors (Lipinski definition) is 7. The van der Waals surface area contributed by atoms with Crippen LogP contribution in [0.15, 0.2) is 17.5 Å². The molecule has 0 aromatic carbocycles. The van der Waals surface area contributed by atoms with Crippen molar-refractivity contribution in [2.75, 3.05) is 19.6 Å². The summed E-state index contributed by atoms with van der Waals surface area (Å²) in [6.07, 6.45) is 4.72. The summed E-state index contributed by atoms with van der Waals surface area (Å²) in [5.74, 6) is -2.75. The van der Waals surface area contributed by atoms with E-state index in [2.05, 4.69) is 25.6 Å². The number of carbonyl (C=O) groups is 4. The molecule has 3 atom stereocenters. The van der Waals surface area contributed by atoms with Gasteiger partial charge in [0, 0.05) is 31.4 Å². The van der Waals surface area contributed by atoms with E-state index in [0.29, 0.717) is 44.5 Å². The van der Waals surface area contributed by atoms with Crippen molar-refractivity contribution in [3.63, 3.8) is 0 Å². The number of aliphatic imine (C=N–C) groups is 1. The first-order valence-electron chi connectivity index (χ1n) is 10.6. The lowest BCUT2D eigenvalue weighted by molar-refractivity contribution is -0.144. The SMILES string of the molecule is NC(N)=NCCCC(N)C(=O)NCC(=O)N1CCCC1C(=O)NC(Cc1cnc[nH]1)C(=O)O. The largest absolute Gasteiger partial charge is 0.480 e. The maximum atomic E-state index is 12.7. The van der Waals surface area contributed by atoms with Crippen molar-refractivity contribution in [2.45, 2.75) is 50.2 Å². The topological polar surface area (TPSA) is 235 Å². The van der Waals surface area contributed by atoms with Gasteiger partial charge in [0.05, 0.1) is 18.9 Å². The minimum atomic E-state index is -1.20. The van der Waals surface area contributed by atoms with E-state index in [1.54, 1.807) is 0 Å². The van der Waals surface area contributed by atoms with E-state index in [0.717, 1.165) is 0 Å². The van der Waals surface area contributed by atoms with Crippen LogP contribution in [0, 0.1) is 0 Å². The van der Waals surface area contributed by atoms with Crippen LogP contribution < -0.4 is 27.8 Å². The normalized spacial score (nSPS) is 17.1. The zero-order chi connectivity index (χ0) is 24.4. The molecule has 0 radical (unpaired) electrons. The molecule has 2 heterocycles. The quantitative estimate of drug-likeness (QED) is 0.0945. The van der Waals surface area contributed by atoms with Gasteiger partial charge in [0.2, 0.25) is 17.7 Å². The number of aromatic amines is 1. The lowest BCUT2D eigenvalue weighted by Gasteiger charge is -2.25. The Labute approximate surface area is 190 Å². The Balaban J connectivity index is 1.84. The van der Waals surface area contributed by atoms with Crippen molar-refractivity contribution in [3.05, 3.63) is 18.2 Å². The van der Waals surface area contributed by atoms with Gasteiger partial charge in [-0.25, -0.2) is 9.78 Å². The van der Waals surface area contributed by atoms with Crippen LogP contribution in [0.3, 0.4) is 0 Å². The summed E-state index contributed by atoms with van der Waals surface area (Å²) in [6, 6.07) is -2.82. The summed E-state index contributed by atoms with van der Waals surface area (Å²) in [7, 11) is 0. The highest BCUT2D eigenvalue weighted by Crippen LogP contribution is 2.18. The van der Waals surface area contributed by atoms with Gasteiger partial charge in [0.15, 0.2) is 5.96 Å². The van der Waals surface area contributed by atoms with Crippen molar-refractivity contribution < 1.29 is 24.3 Å². The number of amides is 3. The summed E-state index contributed by atoms with van der Waals surface area (Å²) in [6.45, 7) is 0.348. The molecule has 33 heavy (non-hydrogen) atoms. The minimum absolute atomic E-state index is 0.0267. The number of nitrogens with one attached hydrogen (secondary N) is 3. The second kappa shape index (κ2) is 12.4. The van der Waals surface area contributed by atoms with Gasteiger partial charge in [-0.15, -0.1) is 0 Å². The number of carbonyl (C=O) groups excluding carboxylic acids is 3. The first-order chi connectivity index (χ1) is 15.7. The standard InChI is InChI=1S/C19H31N9O5/c20-12(3-1-5-24-19(21)22)16(30)25-9-15(29)28-6-2-4-14(28)17(31)27-13(18(32)33)7-11-8-23-10-26-11/h8,10,12-14H,1-7,9,20H2,(H,23,26)(H,25,30)(H,27,31)(H,32,33)(H4,21,22,24). The van der Waals surface area contributed by atoms with Crippen molar-refractivity contribution in [3.8, 4) is 0 Å². The third-order valence-electron chi connectivity index (χ3n) is 5.19. The average molecular weight is 466 g/mol. The number of rotatable bonds is 12. The van der Waals surface area contributed by atoms with Gasteiger partial charge in [0.25, 0.3) is 0 Å². The molecule has 0 aliphatic carbocycles. The number of imidazole rings is 1. The highest BCUT2D eigenvalue weighted by Gasteiger charge is 2.36. The van der Waals surface area contributed by atoms with Crippen molar-refractivity contribution in [1.82, 2.24) is 25.5 Å². The maximum Gasteiger partial charge on any atom is 0.326 e. The Morgan fingerprint density at radius 1 is 1.33 bits per heavy atom.